The van der Waals surface area contributed by atoms with E-state index >= 15 is 0 Å². The summed E-state index contributed by atoms with van der Waals surface area (Å²) in [5.74, 6) is 0.614. The molecule has 0 saturated carbocycles. The lowest BCUT2D eigenvalue weighted by molar-refractivity contribution is 0.478. The second-order valence-electron chi connectivity index (χ2n) is 8.12. The fourth-order valence-corrected chi connectivity index (χ4v) is 3.45. The van der Waals surface area contributed by atoms with E-state index < -0.39 is 0 Å². The summed E-state index contributed by atoms with van der Waals surface area (Å²) < 4.78 is 1.89. The monoisotopic (exact) mass is 387 g/mol. The van der Waals surface area contributed by atoms with E-state index in [2.05, 4.69) is 54.4 Å². The molecular weight excluding hydrogens is 362 g/mol. The van der Waals surface area contributed by atoms with Crippen molar-refractivity contribution in [2.24, 2.45) is 5.92 Å². The van der Waals surface area contributed by atoms with Crippen molar-refractivity contribution in [2.75, 3.05) is 5.32 Å². The first-order valence-electron chi connectivity index (χ1n) is 9.98. The minimum absolute atomic E-state index is 0.233. The van der Waals surface area contributed by atoms with Gasteiger partial charge in [0.15, 0.2) is 0 Å². The predicted octanol–water partition coefficient (Wildman–Crippen LogP) is 4.71. The van der Waals surface area contributed by atoms with Crippen LogP contribution in [0.15, 0.2) is 30.6 Å². The summed E-state index contributed by atoms with van der Waals surface area (Å²) in [6.45, 7) is 9.45. The Morgan fingerprint density at radius 2 is 2.07 bits per heavy atom. The Labute approximate surface area is 169 Å². The van der Waals surface area contributed by atoms with E-state index in [1.54, 1.807) is 0 Å². The van der Waals surface area contributed by atoms with Crippen LogP contribution >= 0.6 is 0 Å². The van der Waals surface area contributed by atoms with Crippen LogP contribution in [0.3, 0.4) is 0 Å². The SMILES string of the molecule is CC(C)CCn1cc(-c2cnc3c([nH]c4cc(C#N)ccc43)c2NC(C)C)nn1. The van der Waals surface area contributed by atoms with Crippen molar-refractivity contribution in [3.05, 3.63) is 36.2 Å². The van der Waals surface area contributed by atoms with E-state index in [4.69, 9.17) is 4.98 Å². The van der Waals surface area contributed by atoms with E-state index in [0.717, 1.165) is 51.8 Å². The molecule has 0 aliphatic rings. The van der Waals surface area contributed by atoms with E-state index in [1.807, 2.05) is 35.3 Å². The molecule has 0 aliphatic carbocycles. The second kappa shape index (κ2) is 7.55. The second-order valence-corrected chi connectivity index (χ2v) is 8.12. The molecule has 7 heteroatoms. The number of anilines is 1. The van der Waals surface area contributed by atoms with Crippen molar-refractivity contribution in [2.45, 2.75) is 46.7 Å². The third kappa shape index (κ3) is 3.66. The number of aromatic amines is 1. The van der Waals surface area contributed by atoms with Gasteiger partial charge in [-0.3, -0.25) is 9.67 Å². The van der Waals surface area contributed by atoms with Crippen LogP contribution in [-0.2, 0) is 6.54 Å². The lowest BCUT2D eigenvalue weighted by Gasteiger charge is -2.14. The summed E-state index contributed by atoms with van der Waals surface area (Å²) in [5, 5.41) is 22.4. The molecule has 3 heterocycles. The smallest absolute Gasteiger partial charge is 0.116 e. The van der Waals surface area contributed by atoms with Gasteiger partial charge in [0, 0.05) is 35.2 Å². The molecule has 0 bridgehead atoms. The van der Waals surface area contributed by atoms with Crippen molar-refractivity contribution in [1.29, 1.82) is 5.26 Å². The molecule has 29 heavy (non-hydrogen) atoms. The Morgan fingerprint density at radius 1 is 1.24 bits per heavy atom. The number of H-pyrrole nitrogens is 1. The molecule has 4 aromatic rings. The Morgan fingerprint density at radius 3 is 2.79 bits per heavy atom. The Hall–Kier alpha value is -3.40. The van der Waals surface area contributed by atoms with Crippen LogP contribution < -0.4 is 5.32 Å². The van der Waals surface area contributed by atoms with Gasteiger partial charge in [0.05, 0.1) is 34.6 Å². The van der Waals surface area contributed by atoms with Gasteiger partial charge in [-0.05, 0) is 44.4 Å². The zero-order valence-electron chi connectivity index (χ0n) is 17.2. The summed E-state index contributed by atoms with van der Waals surface area (Å²) >= 11 is 0. The maximum atomic E-state index is 9.21. The zero-order chi connectivity index (χ0) is 20.5. The van der Waals surface area contributed by atoms with Crippen LogP contribution in [0.1, 0.15) is 39.7 Å². The average Bonchev–Trinajstić information content (AvgIpc) is 3.30. The number of aromatic nitrogens is 5. The molecule has 0 radical (unpaired) electrons. The van der Waals surface area contributed by atoms with E-state index in [0.29, 0.717) is 11.5 Å². The number of rotatable bonds is 6. The first kappa shape index (κ1) is 18.9. The van der Waals surface area contributed by atoms with Gasteiger partial charge >= 0.3 is 0 Å². The molecule has 0 unspecified atom stereocenters. The number of fused-ring (bicyclic) bond motifs is 3. The quantitative estimate of drug-likeness (QED) is 0.499. The average molecular weight is 387 g/mol. The van der Waals surface area contributed by atoms with Crippen LogP contribution in [0.2, 0.25) is 0 Å². The molecule has 1 aromatic carbocycles. The van der Waals surface area contributed by atoms with Crippen LogP contribution in [0.4, 0.5) is 5.69 Å². The Balaban J connectivity index is 1.85. The van der Waals surface area contributed by atoms with Gasteiger partial charge in [0.25, 0.3) is 0 Å². The zero-order valence-corrected chi connectivity index (χ0v) is 17.2. The van der Waals surface area contributed by atoms with E-state index in [1.165, 1.54) is 0 Å². The summed E-state index contributed by atoms with van der Waals surface area (Å²) in [5.41, 5.74) is 5.97. The highest BCUT2D eigenvalue weighted by atomic mass is 15.4. The van der Waals surface area contributed by atoms with Crippen molar-refractivity contribution < 1.29 is 0 Å². The number of nitrogens with zero attached hydrogens (tertiary/aromatic N) is 5. The van der Waals surface area contributed by atoms with Gasteiger partial charge in [-0.15, -0.1) is 5.10 Å². The van der Waals surface area contributed by atoms with Crippen molar-refractivity contribution in [3.63, 3.8) is 0 Å². The molecule has 0 spiro atoms. The van der Waals surface area contributed by atoms with Gasteiger partial charge < -0.3 is 10.3 Å². The van der Waals surface area contributed by atoms with Gasteiger partial charge in [-0.25, -0.2) is 0 Å². The minimum atomic E-state index is 0.233. The highest BCUT2D eigenvalue weighted by molar-refractivity contribution is 6.11. The number of aryl methyl sites for hydroxylation is 1. The van der Waals surface area contributed by atoms with Crippen LogP contribution in [0, 0.1) is 17.2 Å². The number of pyridine rings is 1. The Bertz CT molecular complexity index is 1210. The van der Waals surface area contributed by atoms with Gasteiger partial charge in [0.1, 0.15) is 5.69 Å². The molecule has 3 aromatic heterocycles. The molecular formula is C22H25N7. The van der Waals surface area contributed by atoms with Crippen LogP contribution in [0.5, 0.6) is 0 Å². The molecule has 4 rings (SSSR count). The lowest BCUT2D eigenvalue weighted by atomic mass is 10.1. The molecule has 148 valence electrons. The Kier molecular flexibility index (Phi) is 4.93. The molecule has 0 atom stereocenters. The maximum Gasteiger partial charge on any atom is 0.116 e. The fourth-order valence-electron chi connectivity index (χ4n) is 3.45. The third-order valence-electron chi connectivity index (χ3n) is 4.93. The number of hydrogen-bond donors (Lipinski definition) is 2. The van der Waals surface area contributed by atoms with Crippen molar-refractivity contribution in [3.8, 4) is 17.3 Å². The van der Waals surface area contributed by atoms with Crippen LogP contribution in [0.25, 0.3) is 33.2 Å². The van der Waals surface area contributed by atoms with Crippen molar-refractivity contribution in [1.82, 2.24) is 25.0 Å². The number of benzene rings is 1. The predicted molar refractivity (Wildman–Crippen MR) is 116 cm³/mol. The third-order valence-corrected chi connectivity index (χ3v) is 4.93. The summed E-state index contributed by atoms with van der Waals surface area (Å²) in [4.78, 5) is 8.17. The molecule has 0 fully saturated rings. The normalized spacial score (nSPS) is 11.6. The highest BCUT2D eigenvalue weighted by Crippen LogP contribution is 2.36. The molecule has 2 N–H and O–H groups in total. The largest absolute Gasteiger partial charge is 0.381 e. The maximum absolute atomic E-state index is 9.21. The molecule has 7 nitrogen and oxygen atoms in total. The molecule has 0 saturated heterocycles. The number of hydrogen-bond acceptors (Lipinski definition) is 5. The topological polar surface area (TPSA) is 95.2 Å². The molecule has 0 aliphatic heterocycles. The first-order chi connectivity index (χ1) is 14.0. The standard InChI is InChI=1S/C22H25N7/c1-13(2)7-8-29-12-19(27-28-29)17-11-24-20-16-6-5-15(10-23)9-18(16)26-22(20)21(17)25-14(3)4/h5-6,9,11-14,26H,7-8H2,1-4H3,(H,24,25). The van der Waals surface area contributed by atoms with Gasteiger partial charge in [-0.2, -0.15) is 5.26 Å². The first-order valence-corrected chi connectivity index (χ1v) is 9.98. The minimum Gasteiger partial charge on any atom is -0.381 e. The number of nitriles is 1. The van der Waals surface area contributed by atoms with Gasteiger partial charge in [-0.1, -0.05) is 19.1 Å². The lowest BCUT2D eigenvalue weighted by Crippen LogP contribution is -2.11. The van der Waals surface area contributed by atoms with Crippen LogP contribution in [-0.4, -0.2) is 31.0 Å². The van der Waals surface area contributed by atoms with Crippen molar-refractivity contribution >= 4 is 27.6 Å². The number of nitrogens with one attached hydrogen (secondary N) is 2. The highest BCUT2D eigenvalue weighted by Gasteiger charge is 2.18. The van der Waals surface area contributed by atoms with Gasteiger partial charge in [0.2, 0.25) is 0 Å². The van der Waals surface area contributed by atoms with E-state index in [-0.39, 0.29) is 6.04 Å². The van der Waals surface area contributed by atoms with E-state index in [9.17, 15) is 5.26 Å². The summed E-state index contributed by atoms with van der Waals surface area (Å²) in [6.07, 6.45) is 4.89. The molecule has 0 amide bonds. The fraction of sp³-hybridized carbons (Fsp3) is 0.364. The summed E-state index contributed by atoms with van der Waals surface area (Å²) in [6, 6.07) is 8.05. The summed E-state index contributed by atoms with van der Waals surface area (Å²) in [7, 11) is 0.